The third-order valence-electron chi connectivity index (χ3n) is 5.19. The molecule has 2 aliphatic rings. The lowest BCUT2D eigenvalue weighted by atomic mass is 10.1. The Hall–Kier alpha value is -1.31. The highest BCUT2D eigenvalue weighted by Crippen LogP contribution is 2.28. The number of hydrogen-bond donors (Lipinski definition) is 0. The predicted octanol–water partition coefficient (Wildman–Crippen LogP) is 3.73. The molecule has 156 valence electrons. The third kappa shape index (κ3) is 5.61. The van der Waals surface area contributed by atoms with E-state index in [1.54, 1.807) is 0 Å². The number of nitrogens with zero attached hydrogens (tertiary/aromatic N) is 3. The van der Waals surface area contributed by atoms with Crippen LogP contribution in [0.4, 0.5) is 10.5 Å². The molecule has 7 heteroatoms. The van der Waals surface area contributed by atoms with Crippen LogP contribution in [-0.4, -0.2) is 73.5 Å². The average molecular weight is 454 g/mol. The molecule has 0 unspecified atom stereocenters. The number of carbonyl (C=O) groups excluding carboxylic acids is 1. The van der Waals surface area contributed by atoms with Crippen molar-refractivity contribution in [3.05, 3.63) is 28.2 Å². The number of rotatable bonds is 3. The van der Waals surface area contributed by atoms with Crippen LogP contribution in [0.1, 0.15) is 33.3 Å². The summed E-state index contributed by atoms with van der Waals surface area (Å²) in [6.07, 6.45) is -0.211. The highest BCUT2D eigenvalue weighted by atomic mass is 79.9. The Morgan fingerprint density at radius 2 is 1.93 bits per heavy atom. The highest BCUT2D eigenvalue weighted by Gasteiger charge is 2.30. The molecule has 1 aromatic carbocycles. The van der Waals surface area contributed by atoms with Crippen LogP contribution in [0.15, 0.2) is 22.7 Å². The summed E-state index contributed by atoms with van der Waals surface area (Å²) >= 11 is 3.62. The molecule has 3 rings (SSSR count). The van der Waals surface area contributed by atoms with Crippen molar-refractivity contribution in [1.82, 2.24) is 9.80 Å². The van der Waals surface area contributed by atoms with Gasteiger partial charge >= 0.3 is 6.09 Å². The van der Waals surface area contributed by atoms with Crippen LogP contribution in [0.5, 0.6) is 0 Å². The Labute approximate surface area is 176 Å². The van der Waals surface area contributed by atoms with Crippen molar-refractivity contribution in [3.8, 4) is 0 Å². The number of ether oxygens (including phenoxy) is 2. The summed E-state index contributed by atoms with van der Waals surface area (Å²) in [5.74, 6) is 0. The second kappa shape index (κ2) is 9.01. The Kier molecular flexibility index (Phi) is 6.89. The van der Waals surface area contributed by atoms with Crippen molar-refractivity contribution in [1.29, 1.82) is 0 Å². The second-order valence-electron chi connectivity index (χ2n) is 8.62. The molecule has 6 nitrogen and oxygen atoms in total. The summed E-state index contributed by atoms with van der Waals surface area (Å²) < 4.78 is 12.1. The summed E-state index contributed by atoms with van der Waals surface area (Å²) in [6.45, 7) is 14.4. The molecule has 0 aliphatic carbocycles. The topological polar surface area (TPSA) is 45.2 Å². The molecule has 1 amide bonds. The first-order valence-electron chi connectivity index (χ1n) is 10.1. The first-order chi connectivity index (χ1) is 13.2. The number of carbonyl (C=O) groups is 1. The van der Waals surface area contributed by atoms with Crippen LogP contribution in [0, 0.1) is 0 Å². The quantitative estimate of drug-likeness (QED) is 0.697. The van der Waals surface area contributed by atoms with E-state index in [-0.39, 0.29) is 12.1 Å². The van der Waals surface area contributed by atoms with Gasteiger partial charge in [-0.3, -0.25) is 4.90 Å². The van der Waals surface area contributed by atoms with E-state index in [2.05, 4.69) is 50.9 Å². The molecule has 1 aromatic rings. The molecule has 0 N–H and O–H groups in total. The SMILES string of the molecule is C[C@H]1CN(C(=O)OC(C)(C)C)CCN1Cc1ccc(Br)cc1N1CCOCC1. The van der Waals surface area contributed by atoms with Gasteiger partial charge in [-0.15, -0.1) is 0 Å². The molecule has 0 aromatic heterocycles. The van der Waals surface area contributed by atoms with Gasteiger partial charge in [0.1, 0.15) is 5.60 Å². The van der Waals surface area contributed by atoms with E-state index in [1.807, 2.05) is 25.7 Å². The van der Waals surface area contributed by atoms with Gasteiger partial charge in [-0.1, -0.05) is 22.0 Å². The standard InChI is InChI=1S/C21H32BrN3O3/c1-16-14-25(20(26)28-21(2,3)4)8-7-24(16)15-17-5-6-18(22)13-19(17)23-9-11-27-12-10-23/h5-6,13,16H,7-12,14-15H2,1-4H3/t16-/m0/s1. The number of hydrogen-bond acceptors (Lipinski definition) is 5. The van der Waals surface area contributed by atoms with Gasteiger partial charge < -0.3 is 19.3 Å². The number of anilines is 1. The molecule has 1 atom stereocenters. The summed E-state index contributed by atoms with van der Waals surface area (Å²) in [5, 5.41) is 0. The van der Waals surface area contributed by atoms with E-state index in [0.717, 1.165) is 43.9 Å². The van der Waals surface area contributed by atoms with E-state index in [9.17, 15) is 4.79 Å². The third-order valence-corrected chi connectivity index (χ3v) is 5.68. The van der Waals surface area contributed by atoms with Gasteiger partial charge in [0.15, 0.2) is 0 Å². The van der Waals surface area contributed by atoms with Gasteiger partial charge in [0.25, 0.3) is 0 Å². The van der Waals surface area contributed by atoms with Gasteiger partial charge in [-0.2, -0.15) is 0 Å². The minimum atomic E-state index is -0.456. The summed E-state index contributed by atoms with van der Waals surface area (Å²) in [4.78, 5) is 19.1. The van der Waals surface area contributed by atoms with Gasteiger partial charge in [0.05, 0.1) is 13.2 Å². The fourth-order valence-electron chi connectivity index (χ4n) is 3.71. The summed E-state index contributed by atoms with van der Waals surface area (Å²) in [7, 11) is 0. The van der Waals surface area contributed by atoms with Crippen molar-refractivity contribution in [2.75, 3.05) is 50.8 Å². The van der Waals surface area contributed by atoms with Gasteiger partial charge in [-0.05, 0) is 45.4 Å². The maximum absolute atomic E-state index is 12.4. The zero-order valence-corrected chi connectivity index (χ0v) is 19.0. The smallest absolute Gasteiger partial charge is 0.410 e. The van der Waals surface area contributed by atoms with Crippen LogP contribution in [0.3, 0.4) is 0 Å². The second-order valence-corrected chi connectivity index (χ2v) is 9.53. The first-order valence-corrected chi connectivity index (χ1v) is 10.9. The number of piperazine rings is 1. The average Bonchev–Trinajstić information content (AvgIpc) is 2.64. The highest BCUT2D eigenvalue weighted by molar-refractivity contribution is 9.10. The monoisotopic (exact) mass is 453 g/mol. The van der Waals surface area contributed by atoms with Crippen LogP contribution in [0.25, 0.3) is 0 Å². The van der Waals surface area contributed by atoms with E-state index >= 15 is 0 Å². The van der Waals surface area contributed by atoms with Gasteiger partial charge in [-0.25, -0.2) is 4.79 Å². The summed E-state index contributed by atoms with van der Waals surface area (Å²) in [5.41, 5.74) is 2.14. The van der Waals surface area contributed by atoms with Crippen LogP contribution < -0.4 is 4.90 Å². The zero-order valence-electron chi connectivity index (χ0n) is 17.4. The van der Waals surface area contributed by atoms with Crippen LogP contribution >= 0.6 is 15.9 Å². The Morgan fingerprint density at radius 3 is 2.57 bits per heavy atom. The zero-order chi connectivity index (χ0) is 20.3. The van der Waals surface area contributed by atoms with Crippen LogP contribution in [0.2, 0.25) is 0 Å². The predicted molar refractivity (Wildman–Crippen MR) is 115 cm³/mol. The number of amides is 1. The number of halogens is 1. The fourth-order valence-corrected chi connectivity index (χ4v) is 4.06. The minimum Gasteiger partial charge on any atom is -0.444 e. The van der Waals surface area contributed by atoms with Crippen molar-refractivity contribution in [3.63, 3.8) is 0 Å². The number of benzene rings is 1. The normalized spacial score (nSPS) is 21.7. The molecule has 2 saturated heterocycles. The minimum absolute atomic E-state index is 0.211. The molecule has 0 saturated carbocycles. The van der Waals surface area contributed by atoms with E-state index in [1.165, 1.54) is 11.3 Å². The molecule has 2 fully saturated rings. The molecule has 0 radical (unpaired) electrons. The van der Waals surface area contributed by atoms with Crippen LogP contribution in [-0.2, 0) is 16.0 Å². The molecular formula is C21H32BrN3O3. The lowest BCUT2D eigenvalue weighted by molar-refractivity contribution is 0.00462. The molecule has 0 spiro atoms. The van der Waals surface area contributed by atoms with Crippen molar-refractivity contribution in [2.24, 2.45) is 0 Å². The Morgan fingerprint density at radius 1 is 1.21 bits per heavy atom. The maximum atomic E-state index is 12.4. The van der Waals surface area contributed by atoms with Gasteiger partial charge in [0.2, 0.25) is 0 Å². The Bertz CT molecular complexity index is 686. The van der Waals surface area contributed by atoms with Crippen molar-refractivity contribution >= 4 is 27.7 Å². The van der Waals surface area contributed by atoms with E-state index < -0.39 is 5.60 Å². The van der Waals surface area contributed by atoms with E-state index in [0.29, 0.717) is 13.1 Å². The summed E-state index contributed by atoms with van der Waals surface area (Å²) in [6, 6.07) is 6.81. The molecule has 2 aliphatic heterocycles. The Balaban J connectivity index is 1.66. The number of morpholine rings is 1. The molecule has 2 heterocycles. The first kappa shape index (κ1) is 21.4. The fraction of sp³-hybridized carbons (Fsp3) is 0.667. The lowest BCUT2D eigenvalue weighted by Gasteiger charge is -2.41. The molecule has 0 bridgehead atoms. The largest absolute Gasteiger partial charge is 0.444 e. The van der Waals surface area contributed by atoms with Crippen molar-refractivity contribution in [2.45, 2.75) is 45.9 Å². The molecule has 28 heavy (non-hydrogen) atoms. The van der Waals surface area contributed by atoms with E-state index in [4.69, 9.17) is 9.47 Å². The lowest BCUT2D eigenvalue weighted by Crippen LogP contribution is -2.54. The molecular weight excluding hydrogens is 422 g/mol. The van der Waals surface area contributed by atoms with Gasteiger partial charge in [0, 0.05) is 55.5 Å². The van der Waals surface area contributed by atoms with Crippen molar-refractivity contribution < 1.29 is 14.3 Å². The maximum Gasteiger partial charge on any atom is 0.410 e.